The van der Waals surface area contributed by atoms with Crippen molar-refractivity contribution in [3.05, 3.63) is 35.9 Å². The highest BCUT2D eigenvalue weighted by Crippen LogP contribution is 1.97. The third kappa shape index (κ3) is 4.00. The molecule has 0 aromatic heterocycles. The second-order valence-electron chi connectivity index (χ2n) is 3.24. The van der Waals surface area contributed by atoms with E-state index >= 15 is 0 Å². The van der Waals surface area contributed by atoms with Crippen molar-refractivity contribution in [1.82, 2.24) is 10.3 Å². The van der Waals surface area contributed by atoms with Crippen LogP contribution in [0.4, 0.5) is 0 Å². The third-order valence-electron chi connectivity index (χ3n) is 1.83. The molecular weight excluding hydrogens is 228 g/mol. The Bertz CT molecular complexity index is 442. The molecule has 6 heteroatoms. The van der Waals surface area contributed by atoms with E-state index in [-0.39, 0.29) is 5.75 Å². The predicted octanol–water partition coefficient (Wildman–Crippen LogP) is 0.661. The van der Waals surface area contributed by atoms with Gasteiger partial charge in [0, 0.05) is 5.56 Å². The highest BCUT2D eigenvalue weighted by atomic mass is 32.2. The molecule has 0 aliphatic rings. The summed E-state index contributed by atoms with van der Waals surface area (Å²) in [7, 11) is -3.42. The molecule has 0 fully saturated rings. The van der Waals surface area contributed by atoms with Gasteiger partial charge in [0.1, 0.15) is 0 Å². The molecule has 0 aliphatic heterocycles. The van der Waals surface area contributed by atoms with Crippen LogP contribution in [0.25, 0.3) is 0 Å². The van der Waals surface area contributed by atoms with Crippen molar-refractivity contribution in [2.45, 2.75) is 13.3 Å². The lowest BCUT2D eigenvalue weighted by Gasteiger charge is -2.07. The number of hydrogen-bond donors (Lipinski definition) is 2. The Morgan fingerprint density at radius 3 is 2.44 bits per heavy atom. The second kappa shape index (κ2) is 5.62. The fourth-order valence-electron chi connectivity index (χ4n) is 1.11. The van der Waals surface area contributed by atoms with Gasteiger partial charge in [-0.3, -0.25) is 10.2 Å². The van der Waals surface area contributed by atoms with Gasteiger partial charge in [-0.1, -0.05) is 25.1 Å². The average molecular weight is 242 g/mol. The van der Waals surface area contributed by atoms with E-state index in [4.69, 9.17) is 0 Å². The molecule has 0 radical (unpaired) electrons. The second-order valence-corrected chi connectivity index (χ2v) is 5.08. The fourth-order valence-corrected chi connectivity index (χ4v) is 1.99. The Morgan fingerprint density at radius 2 is 1.88 bits per heavy atom. The van der Waals surface area contributed by atoms with E-state index in [9.17, 15) is 13.2 Å². The summed E-state index contributed by atoms with van der Waals surface area (Å²) in [6, 6.07) is 8.38. The Morgan fingerprint density at radius 1 is 1.25 bits per heavy atom. The molecule has 0 aliphatic carbocycles. The minimum Gasteiger partial charge on any atom is -0.274 e. The standard InChI is InChI=1S/C10H14N2O3S/c1-2-8-16(14,15)12-11-10(13)9-6-4-3-5-7-9/h3-7,12H,2,8H2,1H3,(H,11,13). The summed E-state index contributed by atoms with van der Waals surface area (Å²) in [6.45, 7) is 1.75. The topological polar surface area (TPSA) is 75.3 Å². The van der Waals surface area contributed by atoms with Gasteiger partial charge in [0.05, 0.1) is 5.75 Å². The normalized spacial score (nSPS) is 11.1. The van der Waals surface area contributed by atoms with Crippen LogP contribution in [0.15, 0.2) is 30.3 Å². The van der Waals surface area contributed by atoms with Crippen molar-refractivity contribution < 1.29 is 13.2 Å². The maximum absolute atomic E-state index is 11.5. The first kappa shape index (κ1) is 12.7. The van der Waals surface area contributed by atoms with Crippen LogP contribution in [0.2, 0.25) is 0 Å². The van der Waals surface area contributed by atoms with Gasteiger partial charge >= 0.3 is 0 Å². The minimum atomic E-state index is -3.42. The number of hydrogen-bond acceptors (Lipinski definition) is 3. The predicted molar refractivity (Wildman–Crippen MR) is 61.1 cm³/mol. The minimum absolute atomic E-state index is 0.0118. The van der Waals surface area contributed by atoms with Crippen LogP contribution in [0.1, 0.15) is 23.7 Å². The Balaban J connectivity index is 2.54. The van der Waals surface area contributed by atoms with Gasteiger partial charge in [0.2, 0.25) is 10.0 Å². The summed E-state index contributed by atoms with van der Waals surface area (Å²) in [5, 5.41) is 0. The van der Waals surface area contributed by atoms with E-state index in [0.29, 0.717) is 12.0 Å². The number of hydrazine groups is 1. The number of amides is 1. The van der Waals surface area contributed by atoms with Crippen LogP contribution in [-0.4, -0.2) is 20.1 Å². The smallest absolute Gasteiger partial charge is 0.266 e. The highest BCUT2D eigenvalue weighted by Gasteiger charge is 2.10. The molecule has 0 bridgehead atoms. The molecule has 16 heavy (non-hydrogen) atoms. The highest BCUT2D eigenvalue weighted by molar-refractivity contribution is 7.89. The molecular formula is C10H14N2O3S. The van der Waals surface area contributed by atoms with E-state index < -0.39 is 15.9 Å². The van der Waals surface area contributed by atoms with Crippen LogP contribution < -0.4 is 10.3 Å². The average Bonchev–Trinajstić information content (AvgIpc) is 2.27. The molecule has 1 aromatic rings. The van der Waals surface area contributed by atoms with Crippen molar-refractivity contribution in [2.24, 2.45) is 0 Å². The quantitative estimate of drug-likeness (QED) is 0.745. The molecule has 5 nitrogen and oxygen atoms in total. The number of nitrogens with one attached hydrogen (secondary N) is 2. The maximum Gasteiger partial charge on any atom is 0.266 e. The van der Waals surface area contributed by atoms with Crippen LogP contribution in [0.3, 0.4) is 0 Å². The lowest BCUT2D eigenvalue weighted by molar-refractivity contribution is 0.0945. The third-order valence-corrected chi connectivity index (χ3v) is 3.19. The van der Waals surface area contributed by atoms with Gasteiger partial charge in [-0.05, 0) is 18.6 Å². The summed E-state index contributed by atoms with van der Waals surface area (Å²) >= 11 is 0. The molecule has 1 amide bonds. The maximum atomic E-state index is 11.5. The van der Waals surface area contributed by atoms with Gasteiger partial charge in [-0.15, -0.1) is 4.83 Å². The van der Waals surface area contributed by atoms with Gasteiger partial charge in [-0.2, -0.15) is 0 Å². The molecule has 0 atom stereocenters. The summed E-state index contributed by atoms with van der Waals surface area (Å²) < 4.78 is 22.5. The summed E-state index contributed by atoms with van der Waals surface area (Å²) in [5.41, 5.74) is 2.55. The van der Waals surface area contributed by atoms with E-state index in [1.807, 2.05) is 4.83 Å². The lowest BCUT2D eigenvalue weighted by atomic mass is 10.2. The zero-order chi connectivity index (χ0) is 12.0. The monoisotopic (exact) mass is 242 g/mol. The fraction of sp³-hybridized carbons (Fsp3) is 0.300. The van der Waals surface area contributed by atoms with Crippen LogP contribution >= 0.6 is 0 Å². The number of sulfonamides is 1. The number of carbonyl (C=O) groups is 1. The number of benzene rings is 1. The van der Waals surface area contributed by atoms with E-state index in [0.717, 1.165) is 0 Å². The molecule has 0 heterocycles. The van der Waals surface area contributed by atoms with Crippen molar-refractivity contribution in [2.75, 3.05) is 5.75 Å². The summed E-state index contributed by atoms with van der Waals surface area (Å²) in [4.78, 5) is 13.5. The zero-order valence-electron chi connectivity index (χ0n) is 8.93. The van der Waals surface area contributed by atoms with Crippen LogP contribution in [-0.2, 0) is 10.0 Å². The molecule has 88 valence electrons. The van der Waals surface area contributed by atoms with Gasteiger partial charge in [0.25, 0.3) is 5.91 Å². The van der Waals surface area contributed by atoms with Crippen LogP contribution in [0.5, 0.6) is 0 Å². The molecule has 0 saturated heterocycles. The van der Waals surface area contributed by atoms with Crippen LogP contribution in [0, 0.1) is 0 Å². The van der Waals surface area contributed by atoms with E-state index in [1.165, 1.54) is 0 Å². The Kier molecular flexibility index (Phi) is 4.45. The van der Waals surface area contributed by atoms with Gasteiger partial charge < -0.3 is 0 Å². The Hall–Kier alpha value is -1.40. The SMILES string of the molecule is CCCS(=O)(=O)NNC(=O)c1ccccc1. The zero-order valence-corrected chi connectivity index (χ0v) is 9.75. The molecule has 1 aromatic carbocycles. The molecule has 0 unspecified atom stereocenters. The first-order valence-corrected chi connectivity index (χ1v) is 6.55. The number of rotatable bonds is 5. The van der Waals surface area contributed by atoms with E-state index in [2.05, 4.69) is 5.43 Å². The Labute approximate surface area is 94.9 Å². The van der Waals surface area contributed by atoms with E-state index in [1.54, 1.807) is 37.3 Å². The molecule has 0 saturated carbocycles. The van der Waals surface area contributed by atoms with Gasteiger partial charge in [0.15, 0.2) is 0 Å². The molecule has 2 N–H and O–H groups in total. The van der Waals surface area contributed by atoms with Crippen molar-refractivity contribution >= 4 is 15.9 Å². The number of carbonyl (C=O) groups excluding carboxylic acids is 1. The molecule has 0 spiro atoms. The summed E-state index contributed by atoms with van der Waals surface area (Å²) in [5.74, 6) is -0.484. The first-order valence-electron chi connectivity index (χ1n) is 4.90. The van der Waals surface area contributed by atoms with Crippen molar-refractivity contribution in [3.63, 3.8) is 0 Å². The largest absolute Gasteiger partial charge is 0.274 e. The molecule has 1 rings (SSSR count). The summed E-state index contributed by atoms with van der Waals surface area (Å²) in [6.07, 6.45) is 0.497. The first-order chi connectivity index (χ1) is 7.55. The lowest BCUT2D eigenvalue weighted by Crippen LogP contribution is -2.42. The van der Waals surface area contributed by atoms with Gasteiger partial charge in [-0.25, -0.2) is 8.42 Å². The van der Waals surface area contributed by atoms with Crippen molar-refractivity contribution in [1.29, 1.82) is 0 Å². The van der Waals surface area contributed by atoms with Crippen molar-refractivity contribution in [3.8, 4) is 0 Å².